The molecule has 1 N–H and O–H groups in total. The number of unbranched alkanes of at least 4 members (excludes halogenated alkanes) is 1. The molecular weight excluding hydrogens is 250 g/mol. The Bertz CT molecular complexity index is 329. The highest BCUT2D eigenvalue weighted by Crippen LogP contribution is 2.21. The van der Waals surface area contributed by atoms with E-state index in [0.29, 0.717) is 0 Å². The normalized spacial score (nSPS) is 24.1. The predicted molar refractivity (Wildman–Crippen MR) is 74.5 cm³/mol. The van der Waals surface area contributed by atoms with E-state index in [9.17, 15) is 13.5 Å². The van der Waals surface area contributed by atoms with E-state index in [0.717, 1.165) is 38.8 Å². The lowest BCUT2D eigenvalue weighted by Crippen LogP contribution is -2.46. The summed E-state index contributed by atoms with van der Waals surface area (Å²) in [4.78, 5) is 2.35. The highest BCUT2D eigenvalue weighted by atomic mass is 32.2. The SMILES string of the molecule is CCC(O)C1CCCCN1CCCCS(C)(=O)=O. The first kappa shape index (κ1) is 15.9. The van der Waals surface area contributed by atoms with E-state index in [2.05, 4.69) is 4.90 Å². The number of rotatable bonds is 7. The van der Waals surface area contributed by atoms with Gasteiger partial charge in [0.1, 0.15) is 9.84 Å². The summed E-state index contributed by atoms with van der Waals surface area (Å²) in [7, 11) is -2.83. The van der Waals surface area contributed by atoms with Crippen molar-refractivity contribution in [3.63, 3.8) is 0 Å². The third kappa shape index (κ3) is 5.67. The minimum absolute atomic E-state index is 0.236. The van der Waals surface area contributed by atoms with Crippen molar-refractivity contribution in [3.8, 4) is 0 Å². The quantitative estimate of drug-likeness (QED) is 0.715. The summed E-state index contributed by atoms with van der Waals surface area (Å²) in [6.45, 7) is 3.97. The zero-order valence-corrected chi connectivity index (χ0v) is 12.5. The molecule has 18 heavy (non-hydrogen) atoms. The lowest BCUT2D eigenvalue weighted by atomic mass is 9.95. The molecule has 0 aromatic rings. The van der Waals surface area contributed by atoms with Gasteiger partial charge >= 0.3 is 0 Å². The van der Waals surface area contributed by atoms with E-state index in [1.165, 1.54) is 19.1 Å². The molecule has 0 spiro atoms. The third-order valence-electron chi connectivity index (χ3n) is 3.74. The van der Waals surface area contributed by atoms with Crippen LogP contribution in [0.25, 0.3) is 0 Å². The number of hydrogen-bond acceptors (Lipinski definition) is 4. The maximum Gasteiger partial charge on any atom is 0.147 e. The lowest BCUT2D eigenvalue weighted by molar-refractivity contribution is 0.0234. The molecule has 1 aliphatic rings. The van der Waals surface area contributed by atoms with Crippen molar-refractivity contribution in [2.75, 3.05) is 25.1 Å². The second-order valence-electron chi connectivity index (χ2n) is 5.41. The van der Waals surface area contributed by atoms with Gasteiger partial charge in [0.15, 0.2) is 0 Å². The average molecular weight is 277 g/mol. The Kier molecular flexibility index (Phi) is 6.60. The first-order chi connectivity index (χ1) is 8.44. The van der Waals surface area contributed by atoms with Crippen molar-refractivity contribution in [3.05, 3.63) is 0 Å². The predicted octanol–water partition coefficient (Wildman–Crippen LogP) is 1.44. The van der Waals surface area contributed by atoms with Gasteiger partial charge < -0.3 is 5.11 Å². The molecule has 5 heteroatoms. The summed E-state index contributed by atoms with van der Waals surface area (Å²) in [6.07, 6.45) is 6.94. The highest BCUT2D eigenvalue weighted by Gasteiger charge is 2.27. The Morgan fingerprint density at radius 3 is 2.67 bits per heavy atom. The maximum atomic E-state index is 11.0. The largest absolute Gasteiger partial charge is 0.392 e. The number of likely N-dealkylation sites (tertiary alicyclic amines) is 1. The molecule has 4 nitrogen and oxygen atoms in total. The van der Waals surface area contributed by atoms with Gasteiger partial charge in [0.05, 0.1) is 6.10 Å². The zero-order valence-electron chi connectivity index (χ0n) is 11.6. The molecule has 1 aliphatic heterocycles. The number of piperidine rings is 1. The van der Waals surface area contributed by atoms with Crippen LogP contribution in [0.1, 0.15) is 45.4 Å². The van der Waals surface area contributed by atoms with Gasteiger partial charge in [0.25, 0.3) is 0 Å². The van der Waals surface area contributed by atoms with Crippen molar-refractivity contribution in [2.24, 2.45) is 0 Å². The molecule has 1 heterocycles. The molecule has 1 rings (SSSR count). The molecule has 0 aliphatic carbocycles. The lowest BCUT2D eigenvalue weighted by Gasteiger charge is -2.38. The second kappa shape index (κ2) is 7.46. The van der Waals surface area contributed by atoms with Crippen LogP contribution < -0.4 is 0 Å². The van der Waals surface area contributed by atoms with E-state index in [4.69, 9.17) is 0 Å². The minimum atomic E-state index is -2.83. The molecule has 2 atom stereocenters. The Labute approximate surface area is 111 Å². The van der Waals surface area contributed by atoms with Crippen LogP contribution in [0, 0.1) is 0 Å². The first-order valence-electron chi connectivity index (χ1n) is 7.04. The molecule has 1 saturated heterocycles. The van der Waals surface area contributed by atoms with Gasteiger partial charge in [-0.2, -0.15) is 0 Å². The summed E-state index contributed by atoms with van der Waals surface area (Å²) in [6, 6.07) is 0.280. The fourth-order valence-corrected chi connectivity index (χ4v) is 3.41. The number of sulfone groups is 1. The van der Waals surface area contributed by atoms with Crippen molar-refractivity contribution >= 4 is 9.84 Å². The number of aliphatic hydroxyl groups excluding tert-OH is 1. The van der Waals surface area contributed by atoms with Crippen molar-refractivity contribution in [1.29, 1.82) is 0 Å². The first-order valence-corrected chi connectivity index (χ1v) is 9.10. The monoisotopic (exact) mass is 277 g/mol. The van der Waals surface area contributed by atoms with Gasteiger partial charge in [-0.05, 0) is 45.2 Å². The summed E-state index contributed by atoms with van der Waals surface area (Å²) < 4.78 is 22.1. The zero-order chi connectivity index (χ0) is 13.6. The Balaban J connectivity index is 2.33. The Hall–Kier alpha value is -0.130. The topological polar surface area (TPSA) is 57.6 Å². The molecule has 0 amide bonds. The number of aliphatic hydroxyl groups is 1. The fraction of sp³-hybridized carbons (Fsp3) is 1.00. The van der Waals surface area contributed by atoms with Gasteiger partial charge in [0, 0.05) is 18.1 Å². The number of nitrogens with zero attached hydrogens (tertiary/aromatic N) is 1. The van der Waals surface area contributed by atoms with Gasteiger partial charge in [-0.15, -0.1) is 0 Å². The van der Waals surface area contributed by atoms with Crippen LogP contribution in [-0.4, -0.2) is 55.7 Å². The van der Waals surface area contributed by atoms with Crippen LogP contribution in [0.5, 0.6) is 0 Å². The molecule has 108 valence electrons. The van der Waals surface area contributed by atoms with Crippen LogP contribution in [-0.2, 0) is 9.84 Å². The molecule has 0 bridgehead atoms. The van der Waals surface area contributed by atoms with Crippen LogP contribution in [0.3, 0.4) is 0 Å². The Morgan fingerprint density at radius 2 is 2.06 bits per heavy atom. The smallest absolute Gasteiger partial charge is 0.147 e. The summed E-state index contributed by atoms with van der Waals surface area (Å²) in [5, 5.41) is 10.0. The minimum Gasteiger partial charge on any atom is -0.392 e. The van der Waals surface area contributed by atoms with E-state index < -0.39 is 9.84 Å². The highest BCUT2D eigenvalue weighted by molar-refractivity contribution is 7.90. The molecule has 0 aromatic carbocycles. The molecule has 0 aromatic heterocycles. The van der Waals surface area contributed by atoms with Gasteiger partial charge in [0.2, 0.25) is 0 Å². The maximum absolute atomic E-state index is 11.0. The summed E-state index contributed by atoms with van der Waals surface area (Å²) >= 11 is 0. The van der Waals surface area contributed by atoms with Gasteiger partial charge in [-0.1, -0.05) is 13.3 Å². The molecule has 0 saturated carbocycles. The van der Waals surface area contributed by atoms with Crippen LogP contribution >= 0.6 is 0 Å². The average Bonchev–Trinajstić information content (AvgIpc) is 2.33. The summed E-state index contributed by atoms with van der Waals surface area (Å²) in [5.74, 6) is 0.280. The molecule has 0 radical (unpaired) electrons. The van der Waals surface area contributed by atoms with E-state index in [-0.39, 0.29) is 17.9 Å². The number of hydrogen-bond donors (Lipinski definition) is 1. The fourth-order valence-electron chi connectivity index (χ4n) is 2.68. The molecule has 1 fully saturated rings. The van der Waals surface area contributed by atoms with Crippen LogP contribution in [0.15, 0.2) is 0 Å². The van der Waals surface area contributed by atoms with Crippen molar-refractivity contribution < 1.29 is 13.5 Å². The molecular formula is C13H27NO3S. The molecule has 2 unspecified atom stereocenters. The van der Waals surface area contributed by atoms with E-state index in [1.807, 2.05) is 6.92 Å². The third-order valence-corrected chi connectivity index (χ3v) is 4.77. The van der Waals surface area contributed by atoms with Crippen LogP contribution in [0.4, 0.5) is 0 Å². The summed E-state index contributed by atoms with van der Waals surface area (Å²) in [5.41, 5.74) is 0. The standard InChI is InChI=1S/C13H27NO3S/c1-3-13(15)12-8-4-5-9-14(12)10-6-7-11-18(2,16)17/h12-13,15H,3-11H2,1-2H3. The second-order valence-corrected chi connectivity index (χ2v) is 7.67. The van der Waals surface area contributed by atoms with Crippen molar-refractivity contribution in [2.45, 2.75) is 57.6 Å². The van der Waals surface area contributed by atoms with E-state index in [1.54, 1.807) is 0 Å². The van der Waals surface area contributed by atoms with E-state index >= 15 is 0 Å². The van der Waals surface area contributed by atoms with Crippen LogP contribution in [0.2, 0.25) is 0 Å². The van der Waals surface area contributed by atoms with Gasteiger partial charge in [-0.3, -0.25) is 4.90 Å². The Morgan fingerprint density at radius 1 is 1.33 bits per heavy atom. The van der Waals surface area contributed by atoms with Crippen molar-refractivity contribution in [1.82, 2.24) is 4.90 Å². The van der Waals surface area contributed by atoms with Gasteiger partial charge in [-0.25, -0.2) is 8.42 Å².